The van der Waals surface area contributed by atoms with Gasteiger partial charge in [-0.25, -0.2) is 0 Å². The molecule has 0 radical (unpaired) electrons. The molecule has 1 aromatic heterocycles. The average molecular weight is 213 g/mol. The van der Waals surface area contributed by atoms with Gasteiger partial charge in [-0.3, -0.25) is 4.98 Å². The molecule has 0 aliphatic rings. The van der Waals surface area contributed by atoms with Gasteiger partial charge in [-0.2, -0.15) is 0 Å². The summed E-state index contributed by atoms with van der Waals surface area (Å²) in [6.07, 6.45) is 2.82. The van der Waals surface area contributed by atoms with Gasteiger partial charge < -0.3 is 5.11 Å². The molecule has 1 heterocycles. The van der Waals surface area contributed by atoms with Gasteiger partial charge >= 0.3 is 0 Å². The predicted molar refractivity (Wildman–Crippen MR) is 64.2 cm³/mol. The number of rotatable bonds is 2. The SMILES string of the molecule is Cc1cccc(C(O)c2cccnc2)c1C. The third-order valence-corrected chi connectivity index (χ3v) is 2.94. The van der Waals surface area contributed by atoms with Crippen LogP contribution in [0.2, 0.25) is 0 Å². The molecular weight excluding hydrogens is 198 g/mol. The van der Waals surface area contributed by atoms with Crippen molar-refractivity contribution < 1.29 is 5.11 Å². The van der Waals surface area contributed by atoms with Crippen LogP contribution in [0.25, 0.3) is 0 Å². The number of aromatic nitrogens is 1. The Labute approximate surface area is 95.6 Å². The first-order valence-corrected chi connectivity index (χ1v) is 5.34. The van der Waals surface area contributed by atoms with E-state index in [1.807, 2.05) is 31.2 Å². The summed E-state index contributed by atoms with van der Waals surface area (Å²) in [6, 6.07) is 9.70. The van der Waals surface area contributed by atoms with Gasteiger partial charge in [-0.15, -0.1) is 0 Å². The van der Waals surface area contributed by atoms with Crippen LogP contribution in [0.5, 0.6) is 0 Å². The molecule has 0 aliphatic heterocycles. The highest BCUT2D eigenvalue weighted by Crippen LogP contribution is 2.25. The Morgan fingerprint density at radius 1 is 1.12 bits per heavy atom. The third-order valence-electron chi connectivity index (χ3n) is 2.94. The molecular formula is C14H15NO. The smallest absolute Gasteiger partial charge is 0.106 e. The van der Waals surface area contributed by atoms with Crippen LogP contribution < -0.4 is 0 Å². The summed E-state index contributed by atoms with van der Waals surface area (Å²) in [5, 5.41) is 10.3. The zero-order chi connectivity index (χ0) is 11.5. The van der Waals surface area contributed by atoms with E-state index >= 15 is 0 Å². The molecule has 1 aromatic carbocycles. The van der Waals surface area contributed by atoms with Crippen molar-refractivity contribution in [3.8, 4) is 0 Å². The monoisotopic (exact) mass is 213 g/mol. The summed E-state index contributed by atoms with van der Waals surface area (Å²) in [5.74, 6) is 0. The van der Waals surface area contributed by atoms with Crippen LogP contribution in [0, 0.1) is 13.8 Å². The van der Waals surface area contributed by atoms with Gasteiger partial charge in [0, 0.05) is 18.0 Å². The molecule has 2 nitrogen and oxygen atoms in total. The molecule has 1 N–H and O–H groups in total. The van der Waals surface area contributed by atoms with Crippen molar-refractivity contribution in [3.05, 3.63) is 65.0 Å². The first-order valence-electron chi connectivity index (χ1n) is 5.34. The van der Waals surface area contributed by atoms with Crippen molar-refractivity contribution in [2.45, 2.75) is 20.0 Å². The minimum absolute atomic E-state index is 0.589. The largest absolute Gasteiger partial charge is 0.384 e. The highest BCUT2D eigenvalue weighted by Gasteiger charge is 2.13. The lowest BCUT2D eigenvalue weighted by Gasteiger charge is -2.15. The van der Waals surface area contributed by atoms with Crippen LogP contribution in [0.3, 0.4) is 0 Å². The van der Waals surface area contributed by atoms with Crippen molar-refractivity contribution in [1.29, 1.82) is 0 Å². The quantitative estimate of drug-likeness (QED) is 0.832. The van der Waals surface area contributed by atoms with Crippen molar-refractivity contribution >= 4 is 0 Å². The zero-order valence-corrected chi connectivity index (χ0v) is 9.51. The number of nitrogens with zero attached hydrogens (tertiary/aromatic N) is 1. The molecule has 2 aromatic rings. The zero-order valence-electron chi connectivity index (χ0n) is 9.51. The molecule has 0 spiro atoms. The number of aryl methyl sites for hydroxylation is 1. The maximum Gasteiger partial charge on any atom is 0.106 e. The van der Waals surface area contributed by atoms with Gasteiger partial charge in [0.2, 0.25) is 0 Å². The number of pyridine rings is 1. The summed E-state index contributed by atoms with van der Waals surface area (Å²) in [4.78, 5) is 4.02. The lowest BCUT2D eigenvalue weighted by molar-refractivity contribution is 0.219. The first kappa shape index (κ1) is 10.8. The van der Waals surface area contributed by atoms with Gasteiger partial charge in [0.25, 0.3) is 0 Å². The summed E-state index contributed by atoms with van der Waals surface area (Å²) >= 11 is 0. The highest BCUT2D eigenvalue weighted by atomic mass is 16.3. The average Bonchev–Trinajstić information content (AvgIpc) is 2.33. The predicted octanol–water partition coefficient (Wildman–Crippen LogP) is 2.78. The summed E-state index contributed by atoms with van der Waals surface area (Å²) in [6.45, 7) is 4.08. The minimum atomic E-state index is -0.589. The van der Waals surface area contributed by atoms with E-state index in [0.717, 1.165) is 16.7 Å². The molecule has 0 aliphatic carbocycles. The normalized spacial score (nSPS) is 12.4. The van der Waals surface area contributed by atoms with E-state index in [1.54, 1.807) is 12.4 Å². The van der Waals surface area contributed by atoms with Gasteiger partial charge in [0.1, 0.15) is 6.10 Å². The molecule has 0 saturated heterocycles. The standard InChI is InChI=1S/C14H15NO/c1-10-5-3-7-13(11(10)2)14(16)12-6-4-8-15-9-12/h3-9,14,16H,1-2H3. The molecule has 16 heavy (non-hydrogen) atoms. The number of hydrogen-bond donors (Lipinski definition) is 1. The second-order valence-electron chi connectivity index (χ2n) is 3.98. The Hall–Kier alpha value is -1.67. The molecule has 0 amide bonds. The van der Waals surface area contributed by atoms with Crippen molar-refractivity contribution in [2.75, 3.05) is 0 Å². The van der Waals surface area contributed by atoms with Crippen molar-refractivity contribution in [1.82, 2.24) is 4.98 Å². The highest BCUT2D eigenvalue weighted by molar-refractivity contribution is 5.38. The van der Waals surface area contributed by atoms with Crippen LogP contribution in [0.15, 0.2) is 42.7 Å². The Morgan fingerprint density at radius 2 is 1.94 bits per heavy atom. The Kier molecular flexibility index (Phi) is 3.02. The number of aliphatic hydroxyl groups is 1. The Balaban J connectivity index is 2.42. The Bertz CT molecular complexity index is 479. The van der Waals surface area contributed by atoms with Gasteiger partial charge in [0.05, 0.1) is 0 Å². The summed E-state index contributed by atoms with van der Waals surface area (Å²) in [5.41, 5.74) is 4.11. The van der Waals surface area contributed by atoms with E-state index in [4.69, 9.17) is 0 Å². The molecule has 0 saturated carbocycles. The van der Waals surface area contributed by atoms with Gasteiger partial charge in [-0.05, 0) is 36.6 Å². The molecule has 2 rings (SSSR count). The molecule has 0 bridgehead atoms. The molecule has 0 fully saturated rings. The van der Waals surface area contributed by atoms with Crippen LogP contribution in [-0.4, -0.2) is 10.1 Å². The van der Waals surface area contributed by atoms with E-state index < -0.39 is 6.10 Å². The molecule has 1 unspecified atom stereocenters. The first-order chi connectivity index (χ1) is 7.70. The topological polar surface area (TPSA) is 33.1 Å². The maximum atomic E-state index is 10.3. The van der Waals surface area contributed by atoms with Crippen LogP contribution in [0.1, 0.15) is 28.4 Å². The van der Waals surface area contributed by atoms with Crippen LogP contribution in [0.4, 0.5) is 0 Å². The van der Waals surface area contributed by atoms with Crippen LogP contribution >= 0.6 is 0 Å². The fraction of sp³-hybridized carbons (Fsp3) is 0.214. The third kappa shape index (κ3) is 1.97. The number of hydrogen-bond acceptors (Lipinski definition) is 2. The van der Waals surface area contributed by atoms with E-state index in [2.05, 4.69) is 18.0 Å². The lowest BCUT2D eigenvalue weighted by atomic mass is 9.96. The summed E-state index contributed by atoms with van der Waals surface area (Å²) in [7, 11) is 0. The van der Waals surface area contributed by atoms with Crippen LogP contribution in [-0.2, 0) is 0 Å². The van der Waals surface area contributed by atoms with Crippen molar-refractivity contribution in [2.24, 2.45) is 0 Å². The number of aliphatic hydroxyl groups excluding tert-OH is 1. The van der Waals surface area contributed by atoms with E-state index in [0.29, 0.717) is 0 Å². The second kappa shape index (κ2) is 4.45. The molecule has 1 atom stereocenters. The van der Waals surface area contributed by atoms with Gasteiger partial charge in [-0.1, -0.05) is 24.3 Å². The second-order valence-corrected chi connectivity index (χ2v) is 3.98. The van der Waals surface area contributed by atoms with E-state index in [1.165, 1.54) is 5.56 Å². The number of benzene rings is 1. The summed E-state index contributed by atoms with van der Waals surface area (Å²) < 4.78 is 0. The minimum Gasteiger partial charge on any atom is -0.384 e. The lowest BCUT2D eigenvalue weighted by Crippen LogP contribution is -2.03. The fourth-order valence-electron chi connectivity index (χ4n) is 1.79. The molecule has 82 valence electrons. The van der Waals surface area contributed by atoms with E-state index in [-0.39, 0.29) is 0 Å². The molecule has 2 heteroatoms. The van der Waals surface area contributed by atoms with E-state index in [9.17, 15) is 5.11 Å². The maximum absolute atomic E-state index is 10.3. The van der Waals surface area contributed by atoms with Gasteiger partial charge in [0.15, 0.2) is 0 Å². The van der Waals surface area contributed by atoms with Crippen molar-refractivity contribution in [3.63, 3.8) is 0 Å². The Morgan fingerprint density at radius 3 is 2.62 bits per heavy atom. The fourth-order valence-corrected chi connectivity index (χ4v) is 1.79.